The monoisotopic (exact) mass is 207 g/mol. The summed E-state index contributed by atoms with van der Waals surface area (Å²) in [6, 6.07) is 0.151. The fourth-order valence-corrected chi connectivity index (χ4v) is 2.28. The van der Waals surface area contributed by atoms with E-state index in [9.17, 15) is 4.79 Å². The number of hydrogen-bond donors (Lipinski definition) is 0. The molecule has 1 aliphatic heterocycles. The maximum Gasteiger partial charge on any atom is 0.410 e. The molecular formula is C12H17NO2. The van der Waals surface area contributed by atoms with Gasteiger partial charge in [-0.05, 0) is 31.3 Å². The van der Waals surface area contributed by atoms with E-state index in [-0.39, 0.29) is 12.1 Å². The second kappa shape index (κ2) is 4.51. The largest absolute Gasteiger partial charge is 0.453 e. The van der Waals surface area contributed by atoms with Crippen molar-refractivity contribution >= 4 is 6.09 Å². The molecule has 1 atom stereocenters. The van der Waals surface area contributed by atoms with Gasteiger partial charge in [-0.2, -0.15) is 0 Å². The van der Waals surface area contributed by atoms with Gasteiger partial charge in [-0.25, -0.2) is 4.79 Å². The highest BCUT2D eigenvalue weighted by atomic mass is 16.5. The van der Waals surface area contributed by atoms with Crippen molar-refractivity contribution in [1.29, 1.82) is 0 Å². The van der Waals surface area contributed by atoms with Gasteiger partial charge < -0.3 is 4.74 Å². The van der Waals surface area contributed by atoms with Crippen LogP contribution in [0.5, 0.6) is 0 Å². The molecule has 3 nitrogen and oxygen atoms in total. The zero-order valence-corrected chi connectivity index (χ0v) is 9.11. The van der Waals surface area contributed by atoms with E-state index >= 15 is 0 Å². The van der Waals surface area contributed by atoms with Crippen LogP contribution in [0, 0.1) is 0 Å². The number of ether oxygens (including phenoxy) is 1. The summed E-state index contributed by atoms with van der Waals surface area (Å²) in [7, 11) is 1.44. The maximum atomic E-state index is 11.5. The fraction of sp³-hybridized carbons (Fsp3) is 0.583. The Balaban J connectivity index is 2.09. The van der Waals surface area contributed by atoms with E-state index in [1.54, 1.807) is 4.90 Å². The van der Waals surface area contributed by atoms with E-state index in [4.69, 9.17) is 4.74 Å². The highest BCUT2D eigenvalue weighted by Gasteiger charge is 2.28. The lowest BCUT2D eigenvalue weighted by Gasteiger charge is -2.27. The fourth-order valence-electron chi connectivity index (χ4n) is 2.28. The first-order valence-corrected chi connectivity index (χ1v) is 5.53. The van der Waals surface area contributed by atoms with E-state index in [2.05, 4.69) is 12.2 Å². The molecule has 1 heterocycles. The molecule has 82 valence electrons. The highest BCUT2D eigenvalue weighted by molar-refractivity contribution is 5.70. The number of allylic oxidation sites excluding steroid dienone is 1. The third kappa shape index (κ3) is 2.06. The van der Waals surface area contributed by atoms with Crippen molar-refractivity contribution in [3.05, 3.63) is 23.8 Å². The van der Waals surface area contributed by atoms with Crippen molar-refractivity contribution in [2.45, 2.75) is 31.7 Å². The van der Waals surface area contributed by atoms with Gasteiger partial charge in [0.1, 0.15) is 0 Å². The van der Waals surface area contributed by atoms with Gasteiger partial charge in [-0.15, -0.1) is 0 Å². The minimum absolute atomic E-state index is 0.151. The molecule has 0 saturated heterocycles. The van der Waals surface area contributed by atoms with Gasteiger partial charge in [0.2, 0.25) is 0 Å². The molecule has 0 fully saturated rings. The second-order valence-corrected chi connectivity index (χ2v) is 4.02. The van der Waals surface area contributed by atoms with Gasteiger partial charge >= 0.3 is 6.09 Å². The molecule has 2 rings (SSSR count). The Morgan fingerprint density at radius 2 is 2.40 bits per heavy atom. The summed E-state index contributed by atoms with van der Waals surface area (Å²) in [4.78, 5) is 13.3. The van der Waals surface area contributed by atoms with Crippen LogP contribution in [0.1, 0.15) is 25.7 Å². The Bertz CT molecular complexity index is 307. The topological polar surface area (TPSA) is 29.5 Å². The number of methoxy groups -OCH3 is 1. The molecule has 3 heteroatoms. The average molecular weight is 207 g/mol. The average Bonchev–Trinajstić information content (AvgIpc) is 2.78. The molecule has 15 heavy (non-hydrogen) atoms. The van der Waals surface area contributed by atoms with E-state index in [1.165, 1.54) is 25.5 Å². The normalized spacial score (nSPS) is 25.3. The molecule has 0 spiro atoms. The van der Waals surface area contributed by atoms with Crippen LogP contribution in [0.2, 0.25) is 0 Å². The Morgan fingerprint density at radius 3 is 3.07 bits per heavy atom. The predicted octanol–water partition coefficient (Wildman–Crippen LogP) is 2.49. The number of nitrogens with zero attached hydrogens (tertiary/aromatic N) is 1. The van der Waals surface area contributed by atoms with Gasteiger partial charge in [0.05, 0.1) is 13.2 Å². The van der Waals surface area contributed by atoms with Crippen molar-refractivity contribution in [3.8, 4) is 0 Å². The highest BCUT2D eigenvalue weighted by Crippen LogP contribution is 2.27. The SMILES string of the molecule is COC(=O)N1CC=CC1C1=CCCCC1. The molecular weight excluding hydrogens is 190 g/mol. The number of hydrogen-bond acceptors (Lipinski definition) is 2. The standard InChI is InChI=1S/C12H17NO2/c1-15-12(14)13-9-5-8-11(13)10-6-3-2-4-7-10/h5-6,8,11H,2-4,7,9H2,1H3. The van der Waals surface area contributed by atoms with Crippen molar-refractivity contribution in [3.63, 3.8) is 0 Å². The summed E-state index contributed by atoms with van der Waals surface area (Å²) < 4.78 is 4.77. The number of carbonyl (C=O) groups excluding carboxylic acids is 1. The quantitative estimate of drug-likeness (QED) is 0.618. The van der Waals surface area contributed by atoms with Crippen LogP contribution >= 0.6 is 0 Å². The van der Waals surface area contributed by atoms with Crippen LogP contribution in [0.3, 0.4) is 0 Å². The predicted molar refractivity (Wildman–Crippen MR) is 58.6 cm³/mol. The van der Waals surface area contributed by atoms with Gasteiger partial charge in [-0.3, -0.25) is 4.90 Å². The van der Waals surface area contributed by atoms with Gasteiger partial charge in [0.15, 0.2) is 0 Å². The van der Waals surface area contributed by atoms with E-state index in [1.807, 2.05) is 6.08 Å². The first kappa shape index (κ1) is 10.3. The molecule has 2 aliphatic rings. The van der Waals surface area contributed by atoms with Crippen molar-refractivity contribution in [2.75, 3.05) is 13.7 Å². The lowest BCUT2D eigenvalue weighted by molar-refractivity contribution is 0.126. The lowest BCUT2D eigenvalue weighted by Crippen LogP contribution is -2.37. The van der Waals surface area contributed by atoms with Gasteiger partial charge in [-0.1, -0.05) is 18.2 Å². The van der Waals surface area contributed by atoms with E-state index in [0.29, 0.717) is 6.54 Å². The lowest BCUT2D eigenvalue weighted by atomic mass is 9.94. The van der Waals surface area contributed by atoms with Crippen LogP contribution in [-0.2, 0) is 4.74 Å². The van der Waals surface area contributed by atoms with Gasteiger partial charge in [0, 0.05) is 6.54 Å². The summed E-state index contributed by atoms with van der Waals surface area (Å²) in [5.74, 6) is 0. The molecule has 0 aromatic heterocycles. The Labute approximate surface area is 90.4 Å². The number of rotatable bonds is 1. The third-order valence-corrected chi connectivity index (χ3v) is 3.07. The molecule has 1 unspecified atom stereocenters. The molecule has 0 aromatic rings. The molecule has 1 amide bonds. The van der Waals surface area contributed by atoms with Crippen LogP contribution < -0.4 is 0 Å². The first-order chi connectivity index (χ1) is 7.33. The zero-order chi connectivity index (χ0) is 10.7. The molecule has 0 N–H and O–H groups in total. The van der Waals surface area contributed by atoms with Crippen LogP contribution in [0.4, 0.5) is 4.79 Å². The van der Waals surface area contributed by atoms with Crippen molar-refractivity contribution < 1.29 is 9.53 Å². The second-order valence-electron chi connectivity index (χ2n) is 4.02. The summed E-state index contributed by atoms with van der Waals surface area (Å²) in [6.45, 7) is 0.675. The summed E-state index contributed by atoms with van der Waals surface area (Å²) >= 11 is 0. The smallest absolute Gasteiger partial charge is 0.410 e. The summed E-state index contributed by atoms with van der Waals surface area (Å²) in [5.41, 5.74) is 1.38. The molecule has 1 aliphatic carbocycles. The molecule has 0 saturated carbocycles. The third-order valence-electron chi connectivity index (χ3n) is 3.07. The summed E-state index contributed by atoms with van der Waals surface area (Å²) in [5, 5.41) is 0. The van der Waals surface area contributed by atoms with Crippen LogP contribution in [0.25, 0.3) is 0 Å². The van der Waals surface area contributed by atoms with Crippen LogP contribution in [0.15, 0.2) is 23.8 Å². The van der Waals surface area contributed by atoms with Crippen molar-refractivity contribution in [1.82, 2.24) is 4.90 Å². The van der Waals surface area contributed by atoms with E-state index in [0.717, 1.165) is 12.8 Å². The molecule has 0 bridgehead atoms. The van der Waals surface area contributed by atoms with Gasteiger partial charge in [0.25, 0.3) is 0 Å². The maximum absolute atomic E-state index is 11.5. The minimum atomic E-state index is -0.225. The Hall–Kier alpha value is -1.25. The summed E-state index contributed by atoms with van der Waals surface area (Å²) in [6.07, 6.45) is 11.0. The minimum Gasteiger partial charge on any atom is -0.453 e. The van der Waals surface area contributed by atoms with Crippen molar-refractivity contribution in [2.24, 2.45) is 0 Å². The Morgan fingerprint density at radius 1 is 1.53 bits per heavy atom. The van der Waals surface area contributed by atoms with E-state index < -0.39 is 0 Å². The number of amides is 1. The zero-order valence-electron chi connectivity index (χ0n) is 9.11. The first-order valence-electron chi connectivity index (χ1n) is 5.53. The molecule has 0 aromatic carbocycles. The number of carbonyl (C=O) groups is 1. The molecule has 0 radical (unpaired) electrons. The van der Waals surface area contributed by atoms with Crippen LogP contribution in [-0.4, -0.2) is 30.7 Å². The Kier molecular flexibility index (Phi) is 3.09.